The summed E-state index contributed by atoms with van der Waals surface area (Å²) in [6.45, 7) is 1.28. The summed E-state index contributed by atoms with van der Waals surface area (Å²) in [6, 6.07) is -0.128. The number of rotatable bonds is 4. The third-order valence-corrected chi connectivity index (χ3v) is 3.76. The summed E-state index contributed by atoms with van der Waals surface area (Å²) < 4.78 is 22.2. The van der Waals surface area contributed by atoms with Crippen LogP contribution in [0.1, 0.15) is 12.8 Å². The van der Waals surface area contributed by atoms with Crippen molar-refractivity contribution in [2.75, 3.05) is 39.2 Å². The van der Waals surface area contributed by atoms with Gasteiger partial charge in [-0.3, -0.25) is 9.69 Å². The maximum Gasteiger partial charge on any atom is 0.239 e. The van der Waals surface area contributed by atoms with Crippen molar-refractivity contribution in [1.82, 2.24) is 9.80 Å². The van der Waals surface area contributed by atoms with Crippen molar-refractivity contribution in [3.63, 3.8) is 0 Å². The molecular weight excluding hydrogens is 228 g/mol. The minimum Gasteiger partial charge on any atom is -0.347 e. The Labute approximate surface area is 97.3 Å². The summed E-state index contributed by atoms with van der Waals surface area (Å²) in [5, 5.41) is 0. The Morgan fingerprint density at radius 3 is 2.56 bits per heavy atom. The van der Waals surface area contributed by atoms with E-state index in [1.165, 1.54) is 6.26 Å². The number of likely N-dealkylation sites (N-methyl/N-ethyl adjacent to an activating group) is 1. The predicted octanol–water partition coefficient (Wildman–Crippen LogP) is -0.416. The van der Waals surface area contributed by atoms with E-state index in [4.69, 9.17) is 0 Å². The van der Waals surface area contributed by atoms with Crippen molar-refractivity contribution < 1.29 is 13.2 Å². The monoisotopic (exact) mass is 248 g/mol. The minimum absolute atomic E-state index is 0.0750. The van der Waals surface area contributed by atoms with Gasteiger partial charge in [0.15, 0.2) is 0 Å². The van der Waals surface area contributed by atoms with Crippen LogP contribution in [0.5, 0.6) is 0 Å². The van der Waals surface area contributed by atoms with Gasteiger partial charge in [-0.25, -0.2) is 8.42 Å². The first-order valence-corrected chi connectivity index (χ1v) is 7.50. The summed E-state index contributed by atoms with van der Waals surface area (Å²) in [5.74, 6) is 0.204. The van der Waals surface area contributed by atoms with Gasteiger partial charge in [-0.1, -0.05) is 0 Å². The lowest BCUT2D eigenvalue weighted by molar-refractivity contribution is -0.133. The van der Waals surface area contributed by atoms with Crippen molar-refractivity contribution >= 4 is 15.7 Å². The molecule has 6 heteroatoms. The number of hydrogen-bond acceptors (Lipinski definition) is 4. The minimum atomic E-state index is -2.95. The molecule has 1 aliphatic heterocycles. The van der Waals surface area contributed by atoms with Gasteiger partial charge in [0.05, 0.1) is 11.8 Å². The highest BCUT2D eigenvalue weighted by molar-refractivity contribution is 7.90. The number of carbonyl (C=O) groups excluding carboxylic acids is 1. The van der Waals surface area contributed by atoms with Crippen LogP contribution in [-0.2, 0) is 14.6 Å². The Balaban J connectivity index is 2.56. The highest BCUT2D eigenvalue weighted by Gasteiger charge is 2.31. The molecule has 1 heterocycles. The Hall–Kier alpha value is -0.620. The lowest BCUT2D eigenvalue weighted by Gasteiger charge is -2.25. The van der Waals surface area contributed by atoms with Gasteiger partial charge in [0.1, 0.15) is 9.84 Å². The predicted molar refractivity (Wildman–Crippen MR) is 63.0 cm³/mol. The zero-order valence-electron chi connectivity index (χ0n) is 10.1. The number of carbonyl (C=O) groups is 1. The van der Waals surface area contributed by atoms with E-state index in [0.29, 0.717) is 6.54 Å². The molecule has 0 aromatic rings. The van der Waals surface area contributed by atoms with E-state index in [9.17, 15) is 13.2 Å². The molecule has 1 atom stereocenters. The Morgan fingerprint density at radius 1 is 1.44 bits per heavy atom. The number of nitrogens with zero attached hydrogens (tertiary/aromatic N) is 2. The van der Waals surface area contributed by atoms with E-state index in [1.807, 2.05) is 4.90 Å². The third kappa shape index (κ3) is 3.75. The largest absolute Gasteiger partial charge is 0.347 e. The van der Waals surface area contributed by atoms with Gasteiger partial charge in [0, 0.05) is 26.9 Å². The standard InChI is InChI=1S/C10H20N2O3S/c1-11(2)10(13)9-5-4-6-12(9)7-8-16(3,14)15/h9H,4-8H2,1-3H3. The van der Waals surface area contributed by atoms with Gasteiger partial charge >= 0.3 is 0 Å². The molecule has 0 spiro atoms. The molecule has 0 saturated carbocycles. The molecule has 1 rings (SSSR count). The van der Waals surface area contributed by atoms with E-state index in [2.05, 4.69) is 0 Å². The molecule has 0 aliphatic carbocycles. The lowest BCUT2D eigenvalue weighted by atomic mass is 10.2. The fourth-order valence-electron chi connectivity index (χ4n) is 1.95. The summed E-state index contributed by atoms with van der Waals surface area (Å²) >= 11 is 0. The maximum absolute atomic E-state index is 11.8. The molecule has 94 valence electrons. The van der Waals surface area contributed by atoms with Crippen LogP contribution in [-0.4, -0.2) is 69.4 Å². The molecule has 16 heavy (non-hydrogen) atoms. The zero-order chi connectivity index (χ0) is 12.3. The van der Waals surface area contributed by atoms with Crippen LogP contribution in [0.25, 0.3) is 0 Å². The van der Waals surface area contributed by atoms with Crippen LogP contribution in [0.15, 0.2) is 0 Å². The summed E-state index contributed by atoms with van der Waals surface area (Å²) in [7, 11) is 0.516. The van der Waals surface area contributed by atoms with Crippen molar-refractivity contribution in [1.29, 1.82) is 0 Å². The van der Waals surface area contributed by atoms with Crippen molar-refractivity contribution in [2.24, 2.45) is 0 Å². The maximum atomic E-state index is 11.8. The first-order chi connectivity index (χ1) is 7.31. The van der Waals surface area contributed by atoms with E-state index in [1.54, 1.807) is 19.0 Å². The molecule has 0 bridgehead atoms. The number of amides is 1. The molecule has 0 N–H and O–H groups in total. The molecule has 5 nitrogen and oxygen atoms in total. The fraction of sp³-hybridized carbons (Fsp3) is 0.900. The summed E-state index contributed by atoms with van der Waals surface area (Å²) in [5.41, 5.74) is 0. The first kappa shape index (κ1) is 13.4. The first-order valence-electron chi connectivity index (χ1n) is 5.44. The number of sulfone groups is 1. The molecular formula is C10H20N2O3S. The van der Waals surface area contributed by atoms with Gasteiger partial charge in [-0.05, 0) is 19.4 Å². The van der Waals surface area contributed by atoms with E-state index >= 15 is 0 Å². The van der Waals surface area contributed by atoms with Crippen LogP contribution in [0.2, 0.25) is 0 Å². The van der Waals surface area contributed by atoms with E-state index in [0.717, 1.165) is 19.4 Å². The van der Waals surface area contributed by atoms with Gasteiger partial charge in [-0.2, -0.15) is 0 Å². The summed E-state index contributed by atoms with van der Waals surface area (Å²) in [4.78, 5) is 15.4. The molecule has 1 amide bonds. The topological polar surface area (TPSA) is 57.7 Å². The van der Waals surface area contributed by atoms with Crippen LogP contribution >= 0.6 is 0 Å². The van der Waals surface area contributed by atoms with Crippen molar-refractivity contribution in [3.05, 3.63) is 0 Å². The molecule has 0 radical (unpaired) electrons. The second-order valence-electron chi connectivity index (χ2n) is 4.56. The highest BCUT2D eigenvalue weighted by atomic mass is 32.2. The van der Waals surface area contributed by atoms with Crippen molar-refractivity contribution in [2.45, 2.75) is 18.9 Å². The quantitative estimate of drug-likeness (QED) is 0.678. The number of likely N-dealkylation sites (tertiary alicyclic amines) is 1. The van der Waals surface area contributed by atoms with Crippen LogP contribution in [0.3, 0.4) is 0 Å². The molecule has 1 aliphatic rings. The highest BCUT2D eigenvalue weighted by Crippen LogP contribution is 2.18. The van der Waals surface area contributed by atoms with E-state index in [-0.39, 0.29) is 17.7 Å². The fourth-order valence-corrected chi connectivity index (χ4v) is 2.52. The van der Waals surface area contributed by atoms with Crippen LogP contribution < -0.4 is 0 Å². The summed E-state index contributed by atoms with van der Waals surface area (Å²) in [6.07, 6.45) is 3.03. The van der Waals surface area contributed by atoms with E-state index < -0.39 is 9.84 Å². The van der Waals surface area contributed by atoms with Gasteiger partial charge < -0.3 is 4.90 Å². The van der Waals surface area contributed by atoms with Crippen LogP contribution in [0.4, 0.5) is 0 Å². The second-order valence-corrected chi connectivity index (χ2v) is 6.82. The molecule has 1 fully saturated rings. The number of hydrogen-bond donors (Lipinski definition) is 0. The molecule has 0 aromatic carbocycles. The average Bonchev–Trinajstić information content (AvgIpc) is 2.59. The zero-order valence-corrected chi connectivity index (χ0v) is 11.0. The Kier molecular flexibility index (Phi) is 4.32. The normalized spacial score (nSPS) is 22.3. The second kappa shape index (κ2) is 5.14. The SMILES string of the molecule is CN(C)C(=O)C1CCCN1CCS(C)(=O)=O. The Morgan fingerprint density at radius 2 is 2.06 bits per heavy atom. The smallest absolute Gasteiger partial charge is 0.239 e. The van der Waals surface area contributed by atoms with Gasteiger partial charge in [-0.15, -0.1) is 0 Å². The van der Waals surface area contributed by atoms with Gasteiger partial charge in [0.25, 0.3) is 0 Å². The average molecular weight is 248 g/mol. The van der Waals surface area contributed by atoms with Crippen molar-refractivity contribution in [3.8, 4) is 0 Å². The lowest BCUT2D eigenvalue weighted by Crippen LogP contribution is -2.44. The van der Waals surface area contributed by atoms with Gasteiger partial charge in [0.2, 0.25) is 5.91 Å². The molecule has 1 unspecified atom stereocenters. The molecule has 0 aromatic heterocycles. The Bertz CT molecular complexity index is 351. The molecule has 1 saturated heterocycles. The van der Waals surface area contributed by atoms with Crippen LogP contribution in [0, 0.1) is 0 Å². The third-order valence-electron chi connectivity index (χ3n) is 2.84.